The lowest BCUT2D eigenvalue weighted by molar-refractivity contribution is -0.137. The minimum absolute atomic E-state index is 0.112. The molecule has 0 aliphatic heterocycles. The fourth-order valence-corrected chi connectivity index (χ4v) is 4.34. The molecule has 0 saturated carbocycles. The first-order valence-electron chi connectivity index (χ1n) is 10.7. The lowest BCUT2D eigenvalue weighted by Gasteiger charge is -2.17. The second-order valence-electron chi connectivity index (χ2n) is 7.35. The zero-order valence-electron chi connectivity index (χ0n) is 19.5. The first kappa shape index (κ1) is 25.9. The molecule has 0 bridgehead atoms. The Hall–Kier alpha value is -3.67. The summed E-state index contributed by atoms with van der Waals surface area (Å²) in [5.74, 6) is -1.45. The molecule has 0 spiro atoms. The maximum absolute atomic E-state index is 13.3. The number of aromatic nitrogens is 2. The number of aryl methyl sites for hydroxylation is 1. The fourth-order valence-electron chi connectivity index (χ4n) is 3.44. The van der Waals surface area contributed by atoms with Gasteiger partial charge in [-0.05, 0) is 45.0 Å². The first-order chi connectivity index (χ1) is 16.5. The van der Waals surface area contributed by atoms with E-state index >= 15 is 0 Å². The van der Waals surface area contributed by atoms with Gasteiger partial charge in [-0.25, -0.2) is 0 Å². The lowest BCUT2D eigenvalue weighted by Crippen LogP contribution is -2.29. The van der Waals surface area contributed by atoms with Gasteiger partial charge in [-0.3, -0.25) is 14.3 Å². The van der Waals surface area contributed by atoms with Crippen molar-refractivity contribution in [3.05, 3.63) is 51.7 Å². The molecule has 0 aliphatic rings. The highest BCUT2D eigenvalue weighted by Gasteiger charge is 2.31. The summed E-state index contributed by atoms with van der Waals surface area (Å²) in [6, 6.07) is 7.27. The standard InChI is InChI=1S/C23H24F3N5O3S/c1-5-27-31(22(34)17-13-12-16(35-17)21(33)30(6-2)7-3)20-19(32)18(29(4)28-20)14-8-10-15(11-9-14)23(24,25)26/h5,8-13,32H,6-7H2,1-4H3. The van der Waals surface area contributed by atoms with E-state index in [2.05, 4.69) is 10.2 Å². The van der Waals surface area contributed by atoms with E-state index in [-0.39, 0.29) is 27.9 Å². The molecule has 12 heteroatoms. The summed E-state index contributed by atoms with van der Waals surface area (Å²) in [4.78, 5) is 28.1. The summed E-state index contributed by atoms with van der Waals surface area (Å²) >= 11 is 0.995. The van der Waals surface area contributed by atoms with Crippen molar-refractivity contribution in [3.63, 3.8) is 0 Å². The number of rotatable bonds is 7. The van der Waals surface area contributed by atoms with Gasteiger partial charge in [0.05, 0.1) is 15.3 Å². The first-order valence-corrected chi connectivity index (χ1v) is 11.5. The number of hydrazone groups is 1. The molecule has 0 radical (unpaired) electrons. The van der Waals surface area contributed by atoms with Gasteiger partial charge in [0.15, 0.2) is 5.75 Å². The van der Waals surface area contributed by atoms with Gasteiger partial charge in [-0.15, -0.1) is 16.4 Å². The average molecular weight is 508 g/mol. The van der Waals surface area contributed by atoms with Crippen molar-refractivity contribution in [1.29, 1.82) is 0 Å². The molecule has 0 unspecified atom stereocenters. The number of anilines is 1. The van der Waals surface area contributed by atoms with Crippen molar-refractivity contribution in [1.82, 2.24) is 14.7 Å². The van der Waals surface area contributed by atoms with Crippen LogP contribution < -0.4 is 5.01 Å². The van der Waals surface area contributed by atoms with E-state index in [4.69, 9.17) is 0 Å². The molecule has 35 heavy (non-hydrogen) atoms. The van der Waals surface area contributed by atoms with Crippen LogP contribution in [0, 0.1) is 0 Å². The maximum Gasteiger partial charge on any atom is 0.416 e. The van der Waals surface area contributed by atoms with Gasteiger partial charge in [0.1, 0.15) is 5.69 Å². The van der Waals surface area contributed by atoms with Crippen molar-refractivity contribution in [2.45, 2.75) is 26.9 Å². The highest BCUT2D eigenvalue weighted by molar-refractivity contribution is 7.16. The van der Waals surface area contributed by atoms with E-state index < -0.39 is 23.4 Å². The van der Waals surface area contributed by atoms with Crippen molar-refractivity contribution < 1.29 is 27.9 Å². The number of aromatic hydroxyl groups is 1. The van der Waals surface area contributed by atoms with E-state index in [0.29, 0.717) is 18.0 Å². The molecular formula is C23H24F3N5O3S. The van der Waals surface area contributed by atoms with Gasteiger partial charge in [-0.1, -0.05) is 12.1 Å². The summed E-state index contributed by atoms with van der Waals surface area (Å²) < 4.78 is 40.0. The lowest BCUT2D eigenvalue weighted by atomic mass is 10.1. The summed E-state index contributed by atoms with van der Waals surface area (Å²) in [5.41, 5.74) is -0.447. The van der Waals surface area contributed by atoms with Crippen molar-refractivity contribution in [2.75, 3.05) is 18.1 Å². The molecule has 2 heterocycles. The molecule has 3 aromatic rings. The third-order valence-corrected chi connectivity index (χ3v) is 6.25. The van der Waals surface area contributed by atoms with Crippen LogP contribution in [-0.2, 0) is 13.2 Å². The quantitative estimate of drug-likeness (QED) is 0.360. The van der Waals surface area contributed by atoms with E-state index in [1.165, 1.54) is 36.1 Å². The van der Waals surface area contributed by atoms with Crippen molar-refractivity contribution in [3.8, 4) is 17.0 Å². The van der Waals surface area contributed by atoms with Gasteiger partial charge in [-0.2, -0.15) is 23.3 Å². The highest BCUT2D eigenvalue weighted by atomic mass is 32.1. The van der Waals surface area contributed by atoms with Crippen LogP contribution in [0.3, 0.4) is 0 Å². The van der Waals surface area contributed by atoms with Crippen LogP contribution in [-0.4, -0.2) is 50.9 Å². The Bertz CT molecular complexity index is 1240. The molecule has 8 nitrogen and oxygen atoms in total. The predicted octanol–water partition coefficient (Wildman–Crippen LogP) is 5.01. The smallest absolute Gasteiger partial charge is 0.416 e. The van der Waals surface area contributed by atoms with Crippen LogP contribution in [0.5, 0.6) is 5.75 Å². The third kappa shape index (κ3) is 5.21. The second kappa shape index (κ2) is 10.3. The number of amides is 2. The SMILES string of the molecule is CC=NN(C(=O)c1ccc(C(=O)N(CC)CC)s1)c1nn(C)c(-c2ccc(C(F)(F)F)cc2)c1O. The van der Waals surface area contributed by atoms with Gasteiger partial charge in [0.2, 0.25) is 5.82 Å². The Balaban J connectivity index is 1.97. The van der Waals surface area contributed by atoms with E-state index in [9.17, 15) is 27.9 Å². The molecule has 2 amide bonds. The van der Waals surface area contributed by atoms with Crippen molar-refractivity contribution in [2.24, 2.45) is 12.1 Å². The predicted molar refractivity (Wildman–Crippen MR) is 128 cm³/mol. The van der Waals surface area contributed by atoms with Crippen LogP contribution in [0.1, 0.15) is 45.7 Å². The zero-order valence-corrected chi connectivity index (χ0v) is 20.3. The number of thiophene rings is 1. The molecule has 0 atom stereocenters. The number of halogens is 3. The summed E-state index contributed by atoms with van der Waals surface area (Å²) in [7, 11) is 1.49. The number of hydrogen-bond donors (Lipinski definition) is 1. The van der Waals surface area contributed by atoms with Crippen LogP contribution in [0.2, 0.25) is 0 Å². The van der Waals surface area contributed by atoms with Gasteiger partial charge < -0.3 is 10.0 Å². The molecular weight excluding hydrogens is 483 g/mol. The largest absolute Gasteiger partial charge is 0.503 e. The molecule has 2 aromatic heterocycles. The average Bonchev–Trinajstić information content (AvgIpc) is 3.42. The molecule has 0 saturated heterocycles. The Labute approximate surface area is 203 Å². The van der Waals surface area contributed by atoms with E-state index in [1.54, 1.807) is 17.9 Å². The van der Waals surface area contributed by atoms with Crippen LogP contribution in [0.25, 0.3) is 11.3 Å². The highest BCUT2D eigenvalue weighted by Crippen LogP contribution is 2.39. The summed E-state index contributed by atoms with van der Waals surface area (Å²) in [6.45, 7) is 6.34. The fraction of sp³-hybridized carbons (Fsp3) is 0.304. The maximum atomic E-state index is 13.3. The zero-order chi connectivity index (χ0) is 25.9. The van der Waals surface area contributed by atoms with Gasteiger partial charge in [0.25, 0.3) is 11.8 Å². The Morgan fingerprint density at radius 3 is 2.17 bits per heavy atom. The van der Waals surface area contributed by atoms with Crippen LogP contribution in [0.15, 0.2) is 41.5 Å². The monoisotopic (exact) mass is 507 g/mol. The van der Waals surface area contributed by atoms with E-state index in [0.717, 1.165) is 28.5 Å². The molecule has 3 rings (SSSR count). The molecule has 0 aliphatic carbocycles. The van der Waals surface area contributed by atoms with Crippen LogP contribution >= 0.6 is 11.3 Å². The number of hydrogen-bond acceptors (Lipinski definition) is 6. The molecule has 1 aromatic carbocycles. The Morgan fingerprint density at radius 2 is 1.66 bits per heavy atom. The summed E-state index contributed by atoms with van der Waals surface area (Å²) in [5, 5.41) is 20.0. The second-order valence-corrected chi connectivity index (χ2v) is 8.44. The minimum Gasteiger partial charge on any atom is -0.503 e. The number of benzene rings is 1. The Kier molecular flexibility index (Phi) is 7.64. The summed E-state index contributed by atoms with van der Waals surface area (Å²) in [6.07, 6.45) is -3.16. The van der Waals surface area contributed by atoms with Crippen molar-refractivity contribution >= 4 is 35.2 Å². The molecule has 1 N–H and O–H groups in total. The van der Waals surface area contributed by atoms with Gasteiger partial charge in [0, 0.05) is 31.9 Å². The van der Waals surface area contributed by atoms with Crippen LogP contribution in [0.4, 0.5) is 19.0 Å². The normalized spacial score (nSPS) is 11.7. The Morgan fingerprint density at radius 1 is 1.09 bits per heavy atom. The van der Waals surface area contributed by atoms with E-state index in [1.807, 2.05) is 13.8 Å². The number of nitrogens with zero attached hydrogens (tertiary/aromatic N) is 5. The molecule has 0 fully saturated rings. The number of carbonyl (C=O) groups excluding carboxylic acids is 2. The molecule has 186 valence electrons. The number of carbonyl (C=O) groups is 2. The number of alkyl halides is 3. The third-order valence-electron chi connectivity index (χ3n) is 5.19. The minimum atomic E-state index is -4.50. The topological polar surface area (TPSA) is 91.0 Å². The van der Waals surface area contributed by atoms with Gasteiger partial charge >= 0.3 is 6.18 Å².